The van der Waals surface area contributed by atoms with Gasteiger partial charge in [0.25, 0.3) is 0 Å². The molecule has 0 saturated heterocycles. The number of amides is 1. The molecule has 0 unspecified atom stereocenters. The average molecular weight is 291 g/mol. The number of hydrogen-bond acceptors (Lipinski definition) is 3. The number of carbonyl (C=O) groups is 1. The third-order valence-electron chi connectivity index (χ3n) is 3.60. The van der Waals surface area contributed by atoms with E-state index in [1.165, 1.54) is 0 Å². The number of hydrogen-bond donors (Lipinski definition) is 1. The molecule has 2 N–H and O–H groups in total. The summed E-state index contributed by atoms with van der Waals surface area (Å²) in [4.78, 5) is 18.8. The van der Waals surface area contributed by atoms with E-state index in [2.05, 4.69) is 18.8 Å². The Hall–Kier alpha value is -1.42. The van der Waals surface area contributed by atoms with Crippen LogP contribution in [0.25, 0.3) is 0 Å². The normalized spacial score (nSPS) is 12.7. The Bertz CT molecular complexity index is 417. The molecule has 0 aliphatic carbocycles. The lowest BCUT2D eigenvalue weighted by molar-refractivity contribution is -0.134. The van der Waals surface area contributed by atoms with Crippen LogP contribution in [0.3, 0.4) is 0 Å². The molecule has 1 amide bonds. The average Bonchev–Trinajstić information content (AvgIpc) is 2.44. The van der Waals surface area contributed by atoms with Gasteiger partial charge in [0.1, 0.15) is 0 Å². The summed E-state index contributed by atoms with van der Waals surface area (Å²) >= 11 is 0. The van der Waals surface area contributed by atoms with Crippen molar-refractivity contribution in [3.63, 3.8) is 0 Å². The lowest BCUT2D eigenvalue weighted by Crippen LogP contribution is -2.38. The van der Waals surface area contributed by atoms with Crippen molar-refractivity contribution < 1.29 is 4.79 Å². The van der Waals surface area contributed by atoms with Crippen molar-refractivity contribution >= 4 is 5.91 Å². The zero-order valence-corrected chi connectivity index (χ0v) is 13.7. The molecule has 0 aliphatic rings. The molecule has 1 rings (SSSR count). The van der Waals surface area contributed by atoms with Crippen LogP contribution >= 0.6 is 0 Å². The van der Waals surface area contributed by atoms with Gasteiger partial charge in [0, 0.05) is 18.7 Å². The van der Waals surface area contributed by atoms with Gasteiger partial charge in [0.05, 0.1) is 12.2 Å². The minimum Gasteiger partial charge on any atom is -0.334 e. The van der Waals surface area contributed by atoms with Crippen LogP contribution in [-0.4, -0.2) is 28.4 Å². The van der Waals surface area contributed by atoms with Crippen LogP contribution < -0.4 is 5.73 Å². The van der Waals surface area contributed by atoms with E-state index in [1.807, 2.05) is 36.9 Å². The number of carbonyl (C=O) groups excluding carboxylic acids is 1. The van der Waals surface area contributed by atoms with Crippen molar-refractivity contribution in [1.29, 1.82) is 0 Å². The van der Waals surface area contributed by atoms with E-state index in [0.29, 0.717) is 25.4 Å². The Morgan fingerprint density at radius 2 is 2.00 bits per heavy atom. The van der Waals surface area contributed by atoms with Gasteiger partial charge in [-0.1, -0.05) is 19.9 Å². The fraction of sp³-hybridized carbons (Fsp3) is 0.647. The molecular formula is C17H29N3O. The molecule has 0 aromatic carbocycles. The van der Waals surface area contributed by atoms with Gasteiger partial charge in [-0.15, -0.1) is 0 Å². The first-order valence-corrected chi connectivity index (χ1v) is 7.83. The van der Waals surface area contributed by atoms with Crippen LogP contribution in [0.5, 0.6) is 0 Å². The Morgan fingerprint density at radius 1 is 1.29 bits per heavy atom. The molecule has 21 heavy (non-hydrogen) atoms. The summed E-state index contributed by atoms with van der Waals surface area (Å²) in [6, 6.07) is 5.96. The summed E-state index contributed by atoms with van der Waals surface area (Å²) in [5, 5.41) is 0. The van der Waals surface area contributed by atoms with Crippen molar-refractivity contribution in [3.8, 4) is 0 Å². The van der Waals surface area contributed by atoms with Crippen molar-refractivity contribution in [1.82, 2.24) is 9.88 Å². The van der Waals surface area contributed by atoms with Crippen molar-refractivity contribution in [2.75, 3.05) is 6.54 Å². The van der Waals surface area contributed by atoms with Gasteiger partial charge < -0.3 is 10.6 Å². The summed E-state index contributed by atoms with van der Waals surface area (Å²) < 4.78 is 0. The molecule has 0 aliphatic heterocycles. The second-order valence-electron chi connectivity index (χ2n) is 6.37. The number of pyridine rings is 1. The number of rotatable bonds is 8. The van der Waals surface area contributed by atoms with Gasteiger partial charge in [-0.25, -0.2) is 0 Å². The molecule has 1 heterocycles. The highest BCUT2D eigenvalue weighted by atomic mass is 16.2. The predicted octanol–water partition coefficient (Wildman–Crippen LogP) is 2.83. The second kappa shape index (κ2) is 8.78. The number of nitrogens with zero attached hydrogens (tertiary/aromatic N) is 2. The highest BCUT2D eigenvalue weighted by molar-refractivity contribution is 5.76. The van der Waals surface area contributed by atoms with Crippen molar-refractivity contribution in [2.45, 2.75) is 53.1 Å². The van der Waals surface area contributed by atoms with Gasteiger partial charge in [0.2, 0.25) is 5.91 Å². The molecule has 0 fully saturated rings. The summed E-state index contributed by atoms with van der Waals surface area (Å²) in [5.41, 5.74) is 6.74. The lowest BCUT2D eigenvalue weighted by atomic mass is 9.93. The third-order valence-corrected chi connectivity index (χ3v) is 3.60. The summed E-state index contributed by atoms with van der Waals surface area (Å²) in [6.07, 6.45) is 3.29. The van der Waals surface area contributed by atoms with E-state index < -0.39 is 0 Å². The van der Waals surface area contributed by atoms with Crippen molar-refractivity contribution in [2.24, 2.45) is 17.6 Å². The third kappa shape index (κ3) is 6.25. The predicted molar refractivity (Wildman–Crippen MR) is 86.5 cm³/mol. The highest BCUT2D eigenvalue weighted by Crippen LogP contribution is 2.17. The van der Waals surface area contributed by atoms with E-state index in [0.717, 1.165) is 12.1 Å². The Labute approximate surface area is 128 Å². The zero-order chi connectivity index (χ0) is 15.8. The first kappa shape index (κ1) is 17.6. The van der Waals surface area contributed by atoms with E-state index >= 15 is 0 Å². The molecular weight excluding hydrogens is 262 g/mol. The van der Waals surface area contributed by atoms with E-state index in [9.17, 15) is 4.79 Å². The van der Waals surface area contributed by atoms with Gasteiger partial charge in [-0.3, -0.25) is 9.78 Å². The summed E-state index contributed by atoms with van der Waals surface area (Å²) in [6.45, 7) is 9.56. The van der Waals surface area contributed by atoms with Gasteiger partial charge >= 0.3 is 0 Å². The maximum atomic E-state index is 12.6. The molecule has 4 nitrogen and oxygen atoms in total. The monoisotopic (exact) mass is 291 g/mol. The first-order chi connectivity index (χ1) is 9.93. The smallest absolute Gasteiger partial charge is 0.223 e. The molecule has 1 atom stereocenters. The zero-order valence-electron chi connectivity index (χ0n) is 13.7. The molecule has 0 saturated carbocycles. The molecule has 0 bridgehead atoms. The van der Waals surface area contributed by atoms with Crippen LogP contribution in [0.1, 0.15) is 46.2 Å². The molecule has 0 radical (unpaired) electrons. The van der Waals surface area contributed by atoms with Crippen LogP contribution in [0.2, 0.25) is 0 Å². The van der Waals surface area contributed by atoms with Crippen molar-refractivity contribution in [3.05, 3.63) is 30.1 Å². The largest absolute Gasteiger partial charge is 0.334 e. The minimum atomic E-state index is 0.164. The Balaban J connectivity index is 2.69. The fourth-order valence-corrected chi connectivity index (χ4v) is 2.52. The lowest BCUT2D eigenvalue weighted by Gasteiger charge is -2.28. The SMILES string of the molecule is CC(C)C[C@H](CN)CC(=O)N(Cc1ccccn1)C(C)C. The molecule has 118 valence electrons. The van der Waals surface area contributed by atoms with Crippen LogP contribution in [0, 0.1) is 11.8 Å². The molecule has 1 aromatic rings. The fourth-order valence-electron chi connectivity index (χ4n) is 2.52. The quantitative estimate of drug-likeness (QED) is 0.801. The first-order valence-electron chi connectivity index (χ1n) is 7.83. The summed E-state index contributed by atoms with van der Waals surface area (Å²) in [5.74, 6) is 1.00. The second-order valence-corrected chi connectivity index (χ2v) is 6.37. The summed E-state index contributed by atoms with van der Waals surface area (Å²) in [7, 11) is 0. The van der Waals surface area contributed by atoms with E-state index in [-0.39, 0.29) is 17.9 Å². The maximum Gasteiger partial charge on any atom is 0.223 e. The molecule has 1 aromatic heterocycles. The Morgan fingerprint density at radius 3 is 2.48 bits per heavy atom. The van der Waals surface area contributed by atoms with Crippen LogP contribution in [-0.2, 0) is 11.3 Å². The van der Waals surface area contributed by atoms with E-state index in [1.54, 1.807) is 6.20 Å². The number of aromatic nitrogens is 1. The maximum absolute atomic E-state index is 12.6. The standard InChI is InChI=1S/C17H29N3O/c1-13(2)9-15(11-18)10-17(21)20(14(3)4)12-16-7-5-6-8-19-16/h5-8,13-15H,9-12,18H2,1-4H3/t15-/m0/s1. The Kier molecular flexibility index (Phi) is 7.37. The molecule has 0 spiro atoms. The van der Waals surface area contributed by atoms with Gasteiger partial charge in [0.15, 0.2) is 0 Å². The van der Waals surface area contributed by atoms with Gasteiger partial charge in [-0.05, 0) is 50.8 Å². The topological polar surface area (TPSA) is 59.2 Å². The van der Waals surface area contributed by atoms with Gasteiger partial charge in [-0.2, -0.15) is 0 Å². The number of nitrogens with two attached hydrogens (primary N) is 1. The van der Waals surface area contributed by atoms with Crippen LogP contribution in [0.15, 0.2) is 24.4 Å². The minimum absolute atomic E-state index is 0.164. The van der Waals surface area contributed by atoms with E-state index in [4.69, 9.17) is 5.73 Å². The van der Waals surface area contributed by atoms with Crippen LogP contribution in [0.4, 0.5) is 0 Å². The molecule has 4 heteroatoms. The highest BCUT2D eigenvalue weighted by Gasteiger charge is 2.21.